The second kappa shape index (κ2) is 12.9. The summed E-state index contributed by atoms with van der Waals surface area (Å²) in [7, 11) is 6.10. The topological polar surface area (TPSA) is 103 Å². The molecule has 15 heteroatoms. The number of halogens is 4. The van der Waals surface area contributed by atoms with E-state index in [9.17, 15) is 18.4 Å². The number of carbonyl (C=O) groups excluding carboxylic acids is 1. The number of hydrogen-bond donors (Lipinski definition) is 1. The normalized spacial score (nSPS) is 13.7. The first-order valence-corrected chi connectivity index (χ1v) is 13.7. The number of alkyl halides is 2. The van der Waals surface area contributed by atoms with Gasteiger partial charge < -0.3 is 29.3 Å². The zero-order valence-corrected chi connectivity index (χ0v) is 24.8. The molecular formula is C30H30F4N6O5. The van der Waals surface area contributed by atoms with Gasteiger partial charge in [-0.05, 0) is 31.3 Å². The number of carbonyl (C=O) groups is 1. The van der Waals surface area contributed by atoms with Crippen molar-refractivity contribution < 1.29 is 36.6 Å². The minimum Gasteiger partial charge on any atom is -0.497 e. The molecule has 0 spiro atoms. The van der Waals surface area contributed by atoms with Crippen LogP contribution in [0.1, 0.15) is 10.4 Å². The molecule has 45 heavy (non-hydrogen) atoms. The summed E-state index contributed by atoms with van der Waals surface area (Å²) in [5, 5.41) is 2.46. The Morgan fingerprint density at radius 3 is 2.02 bits per heavy atom. The van der Waals surface area contributed by atoms with Crippen LogP contribution in [0, 0.1) is 11.6 Å². The molecule has 1 aliphatic heterocycles. The van der Waals surface area contributed by atoms with Crippen LogP contribution in [0.3, 0.4) is 0 Å². The second-order valence-corrected chi connectivity index (χ2v) is 10.2. The fourth-order valence-corrected chi connectivity index (χ4v) is 5.03. The number of likely N-dealkylation sites (N-methyl/N-ethyl adjacent to an activating group) is 1. The predicted molar refractivity (Wildman–Crippen MR) is 158 cm³/mol. The van der Waals surface area contributed by atoms with Crippen molar-refractivity contribution in [1.82, 2.24) is 19.2 Å². The Balaban J connectivity index is 1.66. The van der Waals surface area contributed by atoms with Crippen molar-refractivity contribution in [1.29, 1.82) is 0 Å². The lowest BCUT2D eigenvalue weighted by Gasteiger charge is -2.33. The molecule has 0 saturated carbocycles. The van der Waals surface area contributed by atoms with Crippen molar-refractivity contribution in [2.24, 2.45) is 7.05 Å². The monoisotopic (exact) mass is 630 g/mol. The molecule has 0 atom stereocenters. The van der Waals surface area contributed by atoms with Crippen molar-refractivity contribution in [3.8, 4) is 34.3 Å². The summed E-state index contributed by atoms with van der Waals surface area (Å²) in [5.74, 6) is -2.28. The van der Waals surface area contributed by atoms with E-state index >= 15 is 8.78 Å². The molecule has 1 N–H and O–H groups in total. The predicted octanol–water partition coefficient (Wildman–Crippen LogP) is 4.14. The lowest BCUT2D eigenvalue weighted by molar-refractivity contribution is -0.0498. The number of pyridine rings is 1. The quantitative estimate of drug-likeness (QED) is 0.276. The Morgan fingerprint density at radius 1 is 0.867 bits per heavy atom. The molecule has 2 aromatic carbocycles. The van der Waals surface area contributed by atoms with Crippen LogP contribution in [0.5, 0.6) is 17.2 Å². The first kappa shape index (κ1) is 31.4. The van der Waals surface area contributed by atoms with E-state index in [2.05, 4.69) is 19.9 Å². The molecule has 0 unspecified atom stereocenters. The molecule has 1 aliphatic rings. The average Bonchev–Trinajstić information content (AvgIpc) is 3.25. The number of rotatable bonds is 9. The zero-order valence-electron chi connectivity index (χ0n) is 24.8. The first-order chi connectivity index (χ1) is 21.5. The van der Waals surface area contributed by atoms with E-state index in [1.807, 2.05) is 11.9 Å². The lowest BCUT2D eigenvalue weighted by atomic mass is 10.1. The molecule has 3 heterocycles. The van der Waals surface area contributed by atoms with E-state index in [-0.39, 0.29) is 28.6 Å². The molecule has 1 fully saturated rings. The number of hydrogen-bond acceptors (Lipinski definition) is 8. The van der Waals surface area contributed by atoms with E-state index in [1.165, 1.54) is 44.1 Å². The number of benzene rings is 2. The summed E-state index contributed by atoms with van der Waals surface area (Å²) in [6.07, 6.45) is 0. The molecule has 4 aromatic rings. The molecule has 0 bridgehead atoms. The van der Waals surface area contributed by atoms with Crippen LogP contribution in [-0.2, 0) is 7.05 Å². The van der Waals surface area contributed by atoms with Crippen molar-refractivity contribution in [2.45, 2.75) is 6.61 Å². The van der Waals surface area contributed by atoms with Gasteiger partial charge in [-0.1, -0.05) is 0 Å². The zero-order chi connectivity index (χ0) is 32.4. The van der Waals surface area contributed by atoms with E-state index in [0.29, 0.717) is 24.7 Å². The minimum atomic E-state index is -3.06. The molecule has 0 aliphatic carbocycles. The first-order valence-electron chi connectivity index (χ1n) is 13.7. The maximum Gasteiger partial charge on any atom is 0.387 e. The van der Waals surface area contributed by atoms with E-state index < -0.39 is 41.0 Å². The van der Waals surface area contributed by atoms with E-state index in [0.717, 1.165) is 42.0 Å². The van der Waals surface area contributed by atoms with Gasteiger partial charge in [0, 0.05) is 63.1 Å². The smallest absolute Gasteiger partial charge is 0.387 e. The molecule has 5 rings (SSSR count). The summed E-state index contributed by atoms with van der Waals surface area (Å²) in [6, 6.07) is 9.80. The van der Waals surface area contributed by atoms with Gasteiger partial charge in [-0.15, -0.1) is 0 Å². The Labute approximate surface area is 255 Å². The Hall–Kier alpha value is -5.05. The fourth-order valence-electron chi connectivity index (χ4n) is 5.03. The molecular weight excluding hydrogens is 600 g/mol. The number of nitrogens with zero attached hydrogens (tertiary/aromatic N) is 5. The van der Waals surface area contributed by atoms with Gasteiger partial charge in [-0.3, -0.25) is 14.3 Å². The number of ether oxygens (including phenoxy) is 3. The number of nitrogens with one attached hydrogen (secondary N) is 1. The minimum absolute atomic E-state index is 0.0371. The summed E-state index contributed by atoms with van der Waals surface area (Å²) in [6.45, 7) is -0.179. The average molecular weight is 631 g/mol. The summed E-state index contributed by atoms with van der Waals surface area (Å²) in [4.78, 5) is 36.2. The van der Waals surface area contributed by atoms with Gasteiger partial charge in [-0.2, -0.15) is 13.5 Å². The molecule has 2 aromatic heterocycles. The third kappa shape index (κ3) is 6.43. The second-order valence-electron chi connectivity index (χ2n) is 10.2. The molecule has 1 saturated heterocycles. The van der Waals surface area contributed by atoms with Crippen molar-refractivity contribution >= 4 is 17.4 Å². The fraction of sp³-hybridized carbons (Fsp3) is 0.300. The summed E-state index contributed by atoms with van der Waals surface area (Å²) < 4.78 is 73.1. The SMILES string of the molecule is COc1cc(N2CCN(C)CC2)nc(-n2c(=O)c(NC(=O)c3ccc(OC(F)F)cc3)c(-c3c(F)cc(OC)cc3F)n2C)c1. The Kier molecular flexibility index (Phi) is 8.99. The van der Waals surface area contributed by atoms with Gasteiger partial charge >= 0.3 is 6.61 Å². The number of piperazine rings is 1. The number of anilines is 2. The van der Waals surface area contributed by atoms with Gasteiger partial charge in [0.1, 0.15) is 46.1 Å². The maximum absolute atomic E-state index is 15.5. The molecule has 1 amide bonds. The van der Waals surface area contributed by atoms with Crippen LogP contribution in [0.4, 0.5) is 29.1 Å². The highest BCUT2D eigenvalue weighted by molar-refractivity contribution is 6.06. The third-order valence-electron chi connectivity index (χ3n) is 7.39. The van der Waals surface area contributed by atoms with Crippen LogP contribution in [-0.4, -0.2) is 79.2 Å². The highest BCUT2D eigenvalue weighted by Gasteiger charge is 2.29. The number of amides is 1. The van der Waals surface area contributed by atoms with E-state index in [1.54, 1.807) is 6.07 Å². The van der Waals surface area contributed by atoms with Gasteiger partial charge in [0.05, 0.1) is 19.8 Å². The Bertz CT molecular complexity index is 1740. The van der Waals surface area contributed by atoms with Crippen LogP contribution in [0.25, 0.3) is 17.1 Å². The lowest BCUT2D eigenvalue weighted by Crippen LogP contribution is -2.44. The van der Waals surface area contributed by atoms with Gasteiger partial charge in [-0.25, -0.2) is 13.8 Å². The molecule has 0 radical (unpaired) electrons. The van der Waals surface area contributed by atoms with Crippen molar-refractivity contribution in [3.05, 3.63) is 76.1 Å². The van der Waals surface area contributed by atoms with Crippen LogP contribution in [0.15, 0.2) is 53.3 Å². The van der Waals surface area contributed by atoms with Crippen LogP contribution >= 0.6 is 0 Å². The van der Waals surface area contributed by atoms with Crippen molar-refractivity contribution in [2.75, 3.05) is 57.7 Å². The Morgan fingerprint density at radius 2 is 1.44 bits per heavy atom. The summed E-state index contributed by atoms with van der Waals surface area (Å²) >= 11 is 0. The summed E-state index contributed by atoms with van der Waals surface area (Å²) in [5.41, 5.74) is -2.24. The van der Waals surface area contributed by atoms with E-state index in [4.69, 9.17) is 9.47 Å². The third-order valence-corrected chi connectivity index (χ3v) is 7.39. The number of methoxy groups -OCH3 is 2. The van der Waals surface area contributed by atoms with Gasteiger partial charge in [0.2, 0.25) is 0 Å². The molecule has 238 valence electrons. The van der Waals surface area contributed by atoms with Crippen molar-refractivity contribution in [3.63, 3.8) is 0 Å². The van der Waals surface area contributed by atoms with Crippen LogP contribution < -0.4 is 30.0 Å². The standard InChI is InChI=1S/C30H30F4N6O5/c1-37-9-11-39(12-10-37)23-15-20(44-4)16-24(35-23)40-29(42)26(36-28(41)17-5-7-18(8-6-17)45-30(33)34)27(38(40)2)25-21(31)13-19(43-3)14-22(25)32/h5-8,13-16,30H,9-12H2,1-4H3,(H,36,41). The highest BCUT2D eigenvalue weighted by Crippen LogP contribution is 2.35. The highest BCUT2D eigenvalue weighted by atomic mass is 19.3. The number of aromatic nitrogens is 3. The van der Waals surface area contributed by atoms with Crippen LogP contribution in [0.2, 0.25) is 0 Å². The largest absolute Gasteiger partial charge is 0.497 e. The van der Waals surface area contributed by atoms with Gasteiger partial charge in [0.25, 0.3) is 11.5 Å². The molecule has 11 nitrogen and oxygen atoms in total. The maximum atomic E-state index is 15.5. The van der Waals surface area contributed by atoms with Gasteiger partial charge in [0.15, 0.2) is 5.82 Å².